The molecule has 1 heterocycles. The predicted octanol–water partition coefficient (Wildman–Crippen LogP) is 4.96. The van der Waals surface area contributed by atoms with Crippen LogP contribution in [0.1, 0.15) is 44.1 Å². The maximum Gasteiger partial charge on any atom is 0.136 e. The summed E-state index contributed by atoms with van der Waals surface area (Å²) in [5, 5.41) is 3.72. The first kappa shape index (κ1) is 15.7. The van der Waals surface area contributed by atoms with E-state index in [0.29, 0.717) is 6.04 Å². The minimum atomic E-state index is -0.0632. The Morgan fingerprint density at radius 2 is 1.67 bits per heavy atom. The van der Waals surface area contributed by atoms with Gasteiger partial charge in [0.15, 0.2) is 0 Å². The summed E-state index contributed by atoms with van der Waals surface area (Å²) in [6.45, 7) is 0. The molecular formula is C17H23NS3. The van der Waals surface area contributed by atoms with Crippen molar-refractivity contribution < 1.29 is 0 Å². The number of rotatable bonds is 3. The Morgan fingerprint density at radius 3 is 2.33 bits per heavy atom. The quantitative estimate of drug-likeness (QED) is 0.782. The molecule has 1 aromatic rings. The summed E-state index contributed by atoms with van der Waals surface area (Å²) in [5.74, 6) is 2.41. The highest BCUT2D eigenvalue weighted by Gasteiger charge is 2.40. The SMILES string of the molecule is S=C(NC1CCCCC1)C1(c2ccccc2)SCCCS1. The van der Waals surface area contributed by atoms with Crippen LogP contribution >= 0.6 is 35.7 Å². The van der Waals surface area contributed by atoms with Crippen molar-refractivity contribution in [2.45, 2.75) is 48.6 Å². The van der Waals surface area contributed by atoms with Gasteiger partial charge >= 0.3 is 0 Å². The molecule has 0 unspecified atom stereocenters. The summed E-state index contributed by atoms with van der Waals surface area (Å²) < 4.78 is -0.0632. The average molecular weight is 338 g/mol. The first-order valence-corrected chi connectivity index (χ1v) is 10.3. The molecule has 0 amide bonds. The van der Waals surface area contributed by atoms with Crippen LogP contribution in [0.4, 0.5) is 0 Å². The second-order valence-electron chi connectivity index (χ2n) is 5.84. The van der Waals surface area contributed by atoms with E-state index in [9.17, 15) is 0 Å². The third-order valence-corrected chi connectivity index (χ3v) is 8.36. The van der Waals surface area contributed by atoms with Gasteiger partial charge < -0.3 is 5.32 Å². The lowest BCUT2D eigenvalue weighted by atomic mass is 9.95. The topological polar surface area (TPSA) is 12.0 Å². The van der Waals surface area contributed by atoms with Crippen molar-refractivity contribution in [2.24, 2.45) is 0 Å². The van der Waals surface area contributed by atoms with Crippen molar-refractivity contribution in [3.63, 3.8) is 0 Å². The number of thiocarbonyl (C=S) groups is 1. The van der Waals surface area contributed by atoms with Crippen LogP contribution in [0.2, 0.25) is 0 Å². The normalized spacial score (nSPS) is 22.7. The molecule has 1 aliphatic heterocycles. The van der Waals surface area contributed by atoms with Crippen molar-refractivity contribution in [3.05, 3.63) is 35.9 Å². The highest BCUT2D eigenvalue weighted by Crippen LogP contribution is 2.51. The lowest BCUT2D eigenvalue weighted by Crippen LogP contribution is -2.45. The largest absolute Gasteiger partial charge is 0.375 e. The van der Waals surface area contributed by atoms with Crippen molar-refractivity contribution in [1.29, 1.82) is 0 Å². The molecule has 0 atom stereocenters. The van der Waals surface area contributed by atoms with Gasteiger partial charge in [-0.25, -0.2) is 0 Å². The summed E-state index contributed by atoms with van der Waals surface area (Å²) in [4.78, 5) is 1.05. The van der Waals surface area contributed by atoms with Gasteiger partial charge in [-0.2, -0.15) is 0 Å². The van der Waals surface area contributed by atoms with Crippen molar-refractivity contribution in [3.8, 4) is 0 Å². The lowest BCUT2D eigenvalue weighted by molar-refractivity contribution is 0.413. The zero-order chi connectivity index (χ0) is 14.5. The Bertz CT molecular complexity index is 462. The molecule has 21 heavy (non-hydrogen) atoms. The fourth-order valence-corrected chi connectivity index (χ4v) is 6.94. The van der Waals surface area contributed by atoms with E-state index in [4.69, 9.17) is 12.2 Å². The van der Waals surface area contributed by atoms with Crippen LogP contribution in [0.25, 0.3) is 0 Å². The van der Waals surface area contributed by atoms with E-state index in [1.807, 2.05) is 23.5 Å². The molecule has 0 bridgehead atoms. The number of nitrogens with one attached hydrogen (secondary N) is 1. The van der Waals surface area contributed by atoms with Gasteiger partial charge in [0, 0.05) is 6.04 Å². The Balaban J connectivity index is 1.79. The van der Waals surface area contributed by atoms with Crippen LogP contribution < -0.4 is 5.32 Å². The van der Waals surface area contributed by atoms with E-state index in [-0.39, 0.29) is 4.08 Å². The summed E-state index contributed by atoms with van der Waals surface area (Å²) in [6.07, 6.45) is 7.92. The summed E-state index contributed by atoms with van der Waals surface area (Å²) in [6, 6.07) is 11.4. The maximum atomic E-state index is 5.90. The van der Waals surface area contributed by atoms with Crippen molar-refractivity contribution in [2.75, 3.05) is 11.5 Å². The molecule has 0 radical (unpaired) electrons. The van der Waals surface area contributed by atoms with E-state index in [1.54, 1.807) is 0 Å². The molecule has 4 heteroatoms. The van der Waals surface area contributed by atoms with Gasteiger partial charge in [-0.05, 0) is 36.3 Å². The third-order valence-electron chi connectivity index (χ3n) is 4.29. The maximum absolute atomic E-state index is 5.90. The van der Waals surface area contributed by atoms with E-state index in [2.05, 4.69) is 35.6 Å². The molecule has 2 fully saturated rings. The molecule has 0 aromatic heterocycles. The predicted molar refractivity (Wildman–Crippen MR) is 100 cm³/mol. The minimum Gasteiger partial charge on any atom is -0.375 e. The first-order chi connectivity index (χ1) is 10.3. The molecule has 1 N–H and O–H groups in total. The molecule has 1 aromatic carbocycles. The van der Waals surface area contributed by atoms with Crippen LogP contribution in [0.15, 0.2) is 30.3 Å². The van der Waals surface area contributed by atoms with Crippen molar-refractivity contribution >= 4 is 40.7 Å². The van der Waals surface area contributed by atoms with Crippen LogP contribution in [0.5, 0.6) is 0 Å². The molecule has 114 valence electrons. The highest BCUT2D eigenvalue weighted by atomic mass is 32.2. The van der Waals surface area contributed by atoms with E-state index in [1.165, 1.54) is 55.6 Å². The zero-order valence-electron chi connectivity index (χ0n) is 12.3. The third kappa shape index (κ3) is 3.59. The van der Waals surface area contributed by atoms with E-state index >= 15 is 0 Å². The van der Waals surface area contributed by atoms with Crippen LogP contribution in [-0.4, -0.2) is 22.5 Å². The fraction of sp³-hybridized carbons (Fsp3) is 0.588. The second kappa shape index (κ2) is 7.38. The van der Waals surface area contributed by atoms with Crippen LogP contribution in [0.3, 0.4) is 0 Å². The number of hydrogen-bond acceptors (Lipinski definition) is 3. The molecule has 1 aliphatic carbocycles. The number of thioether (sulfide) groups is 2. The van der Waals surface area contributed by atoms with Gasteiger partial charge in [0.2, 0.25) is 0 Å². The number of benzene rings is 1. The van der Waals surface area contributed by atoms with Gasteiger partial charge in [-0.3, -0.25) is 0 Å². The van der Waals surface area contributed by atoms with Crippen LogP contribution in [0, 0.1) is 0 Å². The summed E-state index contributed by atoms with van der Waals surface area (Å²) in [5.41, 5.74) is 1.35. The molecule has 3 rings (SSSR count). The Morgan fingerprint density at radius 1 is 1.00 bits per heavy atom. The Kier molecular flexibility index (Phi) is 5.52. The highest BCUT2D eigenvalue weighted by molar-refractivity contribution is 8.20. The monoisotopic (exact) mass is 337 g/mol. The summed E-state index contributed by atoms with van der Waals surface area (Å²) >= 11 is 9.94. The molecule has 0 spiro atoms. The van der Waals surface area contributed by atoms with E-state index < -0.39 is 0 Å². The lowest BCUT2D eigenvalue weighted by Gasteiger charge is -2.39. The Hall–Kier alpha value is -0.190. The fourth-order valence-electron chi connectivity index (χ4n) is 3.15. The van der Waals surface area contributed by atoms with Crippen LogP contribution in [-0.2, 0) is 4.08 Å². The van der Waals surface area contributed by atoms with Gasteiger partial charge in [0.1, 0.15) is 9.07 Å². The minimum absolute atomic E-state index is 0.0632. The Labute approximate surface area is 142 Å². The van der Waals surface area contributed by atoms with Gasteiger partial charge in [0.05, 0.1) is 0 Å². The van der Waals surface area contributed by atoms with Crippen molar-refractivity contribution in [1.82, 2.24) is 5.32 Å². The number of hydrogen-bond donors (Lipinski definition) is 1. The zero-order valence-corrected chi connectivity index (χ0v) is 14.8. The van der Waals surface area contributed by atoms with Gasteiger partial charge in [0.25, 0.3) is 0 Å². The van der Waals surface area contributed by atoms with Gasteiger partial charge in [-0.15, -0.1) is 23.5 Å². The molecule has 1 saturated heterocycles. The second-order valence-corrected chi connectivity index (χ2v) is 9.13. The van der Waals surface area contributed by atoms with E-state index in [0.717, 1.165) is 4.99 Å². The average Bonchev–Trinajstić information content (AvgIpc) is 2.57. The molecule has 1 nitrogen and oxygen atoms in total. The molecule has 1 saturated carbocycles. The smallest absolute Gasteiger partial charge is 0.136 e. The van der Waals surface area contributed by atoms with Gasteiger partial charge in [-0.1, -0.05) is 61.8 Å². The standard InChI is InChI=1S/C17H23NS3/c19-16(18-15-10-5-2-6-11-15)17(20-12-7-13-21-17)14-8-3-1-4-9-14/h1,3-4,8-9,15H,2,5-7,10-13H2,(H,18,19). The molecular weight excluding hydrogens is 314 g/mol. The first-order valence-electron chi connectivity index (χ1n) is 7.96. The summed E-state index contributed by atoms with van der Waals surface area (Å²) in [7, 11) is 0. The molecule has 2 aliphatic rings.